The largest absolute Gasteiger partial charge is 0.480 e. The van der Waals surface area contributed by atoms with Gasteiger partial charge in [0.15, 0.2) is 0 Å². The van der Waals surface area contributed by atoms with Crippen molar-refractivity contribution in [3.63, 3.8) is 0 Å². The topological polar surface area (TPSA) is 82.5 Å². The number of carbonyl (C=O) groups is 1. The minimum absolute atomic E-state index is 0.399. The van der Waals surface area contributed by atoms with Crippen molar-refractivity contribution in [1.29, 1.82) is 0 Å². The van der Waals surface area contributed by atoms with Gasteiger partial charge in [0.1, 0.15) is 18.7 Å². The van der Waals surface area contributed by atoms with Gasteiger partial charge in [0.05, 0.1) is 0 Å². The summed E-state index contributed by atoms with van der Waals surface area (Å²) in [6, 6.07) is -0.519. The van der Waals surface area contributed by atoms with Gasteiger partial charge < -0.3 is 10.0 Å². The Morgan fingerprint density at radius 1 is 1.41 bits per heavy atom. The first kappa shape index (κ1) is 11.7. The van der Waals surface area contributed by atoms with Crippen LogP contribution in [-0.4, -0.2) is 63.7 Å². The van der Waals surface area contributed by atoms with E-state index in [4.69, 9.17) is 0 Å². The van der Waals surface area contributed by atoms with Crippen molar-refractivity contribution in [2.45, 2.75) is 12.5 Å². The van der Waals surface area contributed by atoms with Gasteiger partial charge in [0.2, 0.25) is 5.95 Å². The molecule has 0 radical (unpaired) electrons. The maximum Gasteiger partial charge on any atom is 0.322 e. The van der Waals surface area contributed by atoms with Gasteiger partial charge in [-0.1, -0.05) is 0 Å². The van der Waals surface area contributed by atoms with E-state index < -0.39 is 12.0 Å². The van der Waals surface area contributed by atoms with Crippen molar-refractivity contribution in [3.8, 4) is 0 Å². The molecule has 0 aromatic carbocycles. The van der Waals surface area contributed by atoms with E-state index in [0.29, 0.717) is 12.5 Å². The normalized spacial score (nSPS) is 22.2. The van der Waals surface area contributed by atoms with E-state index in [9.17, 15) is 9.90 Å². The van der Waals surface area contributed by atoms with E-state index in [0.717, 1.165) is 19.5 Å². The number of hydrogen-bond acceptors (Lipinski definition) is 6. The van der Waals surface area contributed by atoms with Crippen LogP contribution in [0.3, 0.4) is 0 Å². The second-order valence-electron chi connectivity index (χ2n) is 4.07. The second kappa shape index (κ2) is 5.05. The summed E-state index contributed by atoms with van der Waals surface area (Å²) in [5.74, 6) is -0.269. The van der Waals surface area contributed by atoms with E-state index in [1.807, 2.05) is 16.8 Å². The Balaban J connectivity index is 2.16. The van der Waals surface area contributed by atoms with Crippen LogP contribution in [0.15, 0.2) is 12.7 Å². The lowest BCUT2D eigenvalue weighted by atomic mass is 10.2. The lowest BCUT2D eigenvalue weighted by Crippen LogP contribution is -2.44. The monoisotopic (exact) mass is 237 g/mol. The van der Waals surface area contributed by atoms with Crippen LogP contribution in [0.25, 0.3) is 0 Å². The first-order valence-corrected chi connectivity index (χ1v) is 5.48. The van der Waals surface area contributed by atoms with Gasteiger partial charge in [-0.2, -0.15) is 0 Å². The molecule has 1 aromatic rings. The summed E-state index contributed by atoms with van der Waals surface area (Å²) >= 11 is 0. The first-order valence-electron chi connectivity index (χ1n) is 5.48. The van der Waals surface area contributed by atoms with E-state index >= 15 is 0 Å². The van der Waals surface area contributed by atoms with Crippen LogP contribution in [0.5, 0.6) is 0 Å². The van der Waals surface area contributed by atoms with Crippen molar-refractivity contribution >= 4 is 11.9 Å². The van der Waals surface area contributed by atoms with Gasteiger partial charge in [0, 0.05) is 19.6 Å². The molecule has 0 aliphatic carbocycles. The van der Waals surface area contributed by atoms with E-state index in [1.54, 1.807) is 0 Å². The van der Waals surface area contributed by atoms with Gasteiger partial charge >= 0.3 is 5.97 Å². The Labute approximate surface area is 99.1 Å². The summed E-state index contributed by atoms with van der Waals surface area (Å²) < 4.78 is 0. The van der Waals surface area contributed by atoms with Gasteiger partial charge in [-0.25, -0.2) is 15.0 Å². The van der Waals surface area contributed by atoms with Gasteiger partial charge in [-0.05, 0) is 13.5 Å². The number of anilines is 1. The van der Waals surface area contributed by atoms with Crippen molar-refractivity contribution in [3.05, 3.63) is 12.7 Å². The molecule has 1 aliphatic rings. The number of aromatic nitrogens is 3. The summed E-state index contributed by atoms with van der Waals surface area (Å²) in [7, 11) is 1.83. The molecular formula is C10H15N5O2. The minimum atomic E-state index is -0.812. The number of rotatable bonds is 2. The van der Waals surface area contributed by atoms with Crippen molar-refractivity contribution in [2.75, 3.05) is 31.6 Å². The fourth-order valence-corrected chi connectivity index (χ4v) is 1.95. The number of carboxylic acid groups (broad SMARTS) is 1. The predicted octanol–water partition coefficient (Wildman–Crippen LogP) is -0.533. The quantitative estimate of drug-likeness (QED) is 0.740. The van der Waals surface area contributed by atoms with Crippen LogP contribution in [0, 0.1) is 0 Å². The Hall–Kier alpha value is -1.76. The smallest absolute Gasteiger partial charge is 0.322 e. The van der Waals surface area contributed by atoms with Crippen LogP contribution in [0.2, 0.25) is 0 Å². The molecule has 1 N–H and O–H groups in total. The SMILES string of the molecule is CN1CCCN(c2ncncn2)CC1C(=O)O. The summed E-state index contributed by atoms with van der Waals surface area (Å²) in [5.41, 5.74) is 0. The fourth-order valence-electron chi connectivity index (χ4n) is 1.95. The molecule has 17 heavy (non-hydrogen) atoms. The van der Waals surface area contributed by atoms with Gasteiger partial charge in [-0.15, -0.1) is 0 Å². The van der Waals surface area contributed by atoms with Gasteiger partial charge in [-0.3, -0.25) is 9.69 Å². The summed E-state index contributed by atoms with van der Waals surface area (Å²) in [4.78, 5) is 26.8. The highest BCUT2D eigenvalue weighted by molar-refractivity contribution is 5.74. The average Bonchev–Trinajstić information content (AvgIpc) is 2.52. The van der Waals surface area contributed by atoms with Crippen LogP contribution in [0.1, 0.15) is 6.42 Å². The molecule has 0 bridgehead atoms. The number of aliphatic carboxylic acids is 1. The zero-order valence-electron chi connectivity index (χ0n) is 9.65. The molecule has 7 nitrogen and oxygen atoms in total. The summed E-state index contributed by atoms with van der Waals surface area (Å²) in [6.45, 7) is 1.92. The Kier molecular flexibility index (Phi) is 3.48. The van der Waals surface area contributed by atoms with E-state index in [-0.39, 0.29) is 0 Å². The summed E-state index contributed by atoms with van der Waals surface area (Å²) in [6.07, 6.45) is 3.74. The molecule has 1 atom stereocenters. The molecule has 1 aromatic heterocycles. The molecule has 7 heteroatoms. The zero-order valence-corrected chi connectivity index (χ0v) is 9.65. The lowest BCUT2D eigenvalue weighted by Gasteiger charge is -2.25. The molecular weight excluding hydrogens is 222 g/mol. The highest BCUT2D eigenvalue weighted by Gasteiger charge is 2.28. The molecule has 0 amide bonds. The zero-order chi connectivity index (χ0) is 12.3. The highest BCUT2D eigenvalue weighted by Crippen LogP contribution is 2.13. The van der Waals surface area contributed by atoms with Crippen LogP contribution in [0.4, 0.5) is 5.95 Å². The number of carboxylic acids is 1. The highest BCUT2D eigenvalue weighted by atomic mass is 16.4. The van der Waals surface area contributed by atoms with Crippen LogP contribution in [-0.2, 0) is 4.79 Å². The van der Waals surface area contributed by atoms with E-state index in [1.165, 1.54) is 12.7 Å². The predicted molar refractivity (Wildman–Crippen MR) is 60.7 cm³/mol. The van der Waals surface area contributed by atoms with Crippen molar-refractivity contribution in [2.24, 2.45) is 0 Å². The van der Waals surface area contributed by atoms with Gasteiger partial charge in [0.25, 0.3) is 0 Å². The molecule has 1 unspecified atom stereocenters. The van der Waals surface area contributed by atoms with Crippen molar-refractivity contribution < 1.29 is 9.90 Å². The van der Waals surface area contributed by atoms with Crippen LogP contribution < -0.4 is 4.90 Å². The molecule has 0 spiro atoms. The standard InChI is InChI=1S/C10H15N5O2/c1-14-3-2-4-15(5-8(14)9(16)17)10-12-6-11-7-13-10/h6-8H,2-5H2,1H3,(H,16,17). The number of nitrogens with zero attached hydrogens (tertiary/aromatic N) is 5. The maximum atomic E-state index is 11.2. The molecule has 1 fully saturated rings. The Morgan fingerprint density at radius 3 is 2.76 bits per heavy atom. The number of hydrogen-bond donors (Lipinski definition) is 1. The molecule has 92 valence electrons. The third-order valence-corrected chi connectivity index (χ3v) is 2.91. The molecule has 2 heterocycles. The summed E-state index contributed by atoms with van der Waals surface area (Å²) in [5, 5.41) is 9.18. The molecule has 1 saturated heterocycles. The Morgan fingerprint density at radius 2 is 2.12 bits per heavy atom. The number of likely N-dealkylation sites (N-methyl/N-ethyl adjacent to an activating group) is 1. The maximum absolute atomic E-state index is 11.2. The third kappa shape index (κ3) is 2.68. The molecule has 0 saturated carbocycles. The molecule has 2 rings (SSSR count). The molecule has 1 aliphatic heterocycles. The van der Waals surface area contributed by atoms with Crippen molar-refractivity contribution in [1.82, 2.24) is 19.9 Å². The first-order chi connectivity index (χ1) is 8.18. The average molecular weight is 237 g/mol. The Bertz CT molecular complexity index is 386. The van der Waals surface area contributed by atoms with E-state index in [2.05, 4.69) is 15.0 Å². The third-order valence-electron chi connectivity index (χ3n) is 2.91. The lowest BCUT2D eigenvalue weighted by molar-refractivity contribution is -0.142. The van der Waals surface area contributed by atoms with Crippen LogP contribution >= 0.6 is 0 Å². The second-order valence-corrected chi connectivity index (χ2v) is 4.07. The minimum Gasteiger partial charge on any atom is -0.480 e. The fraction of sp³-hybridized carbons (Fsp3) is 0.600.